The minimum Gasteiger partial charge on any atom is -0.481 e. The van der Waals surface area contributed by atoms with Crippen molar-refractivity contribution in [3.05, 3.63) is 54.4 Å². The van der Waals surface area contributed by atoms with Crippen molar-refractivity contribution in [1.82, 2.24) is 9.78 Å². The van der Waals surface area contributed by atoms with Gasteiger partial charge in [0.1, 0.15) is 0 Å². The standard InChI is InChI=1S/C13H12N2O2/c16-13(17)4-1-3-11-5-7-12(8-6-11)15-10-2-9-14-15/h1-3,5-10H,4H2,(H,16,17)/b3-1+. The normalized spacial score (nSPS) is 10.8. The van der Waals surface area contributed by atoms with Crippen molar-refractivity contribution in [2.24, 2.45) is 0 Å². The third kappa shape index (κ3) is 3.04. The van der Waals surface area contributed by atoms with Gasteiger partial charge in [-0.05, 0) is 23.8 Å². The van der Waals surface area contributed by atoms with Crippen LogP contribution in [0.3, 0.4) is 0 Å². The van der Waals surface area contributed by atoms with Gasteiger partial charge >= 0.3 is 5.97 Å². The van der Waals surface area contributed by atoms with E-state index in [-0.39, 0.29) is 6.42 Å². The van der Waals surface area contributed by atoms with Crippen LogP contribution in [0, 0.1) is 0 Å². The fraction of sp³-hybridized carbons (Fsp3) is 0.0769. The number of nitrogens with zero attached hydrogens (tertiary/aromatic N) is 2. The van der Waals surface area contributed by atoms with Crippen molar-refractivity contribution < 1.29 is 9.90 Å². The van der Waals surface area contributed by atoms with E-state index < -0.39 is 5.97 Å². The Morgan fingerprint density at radius 1 is 1.35 bits per heavy atom. The van der Waals surface area contributed by atoms with Gasteiger partial charge in [0.05, 0.1) is 12.1 Å². The maximum atomic E-state index is 10.3. The Labute approximate surface area is 98.8 Å². The van der Waals surface area contributed by atoms with Gasteiger partial charge < -0.3 is 5.11 Å². The molecule has 1 aromatic carbocycles. The summed E-state index contributed by atoms with van der Waals surface area (Å²) < 4.78 is 1.77. The second-order valence-electron chi connectivity index (χ2n) is 3.54. The first-order valence-electron chi connectivity index (χ1n) is 5.24. The van der Waals surface area contributed by atoms with Crippen molar-refractivity contribution in [2.75, 3.05) is 0 Å². The van der Waals surface area contributed by atoms with Gasteiger partial charge in [0, 0.05) is 12.4 Å². The second kappa shape index (κ2) is 5.12. The van der Waals surface area contributed by atoms with E-state index in [2.05, 4.69) is 5.10 Å². The SMILES string of the molecule is O=C(O)C/C=C/c1ccc(-n2cccn2)cc1. The van der Waals surface area contributed by atoms with Crippen LogP contribution in [-0.4, -0.2) is 20.9 Å². The summed E-state index contributed by atoms with van der Waals surface area (Å²) in [6, 6.07) is 9.59. The average molecular weight is 228 g/mol. The fourth-order valence-electron chi connectivity index (χ4n) is 1.46. The van der Waals surface area contributed by atoms with Crippen molar-refractivity contribution in [1.29, 1.82) is 0 Å². The van der Waals surface area contributed by atoms with Crippen molar-refractivity contribution in [2.45, 2.75) is 6.42 Å². The Bertz CT molecular complexity index is 513. The quantitative estimate of drug-likeness (QED) is 0.873. The molecule has 0 saturated carbocycles. The molecule has 1 heterocycles. The van der Waals surface area contributed by atoms with Crippen LogP contribution in [0.4, 0.5) is 0 Å². The summed E-state index contributed by atoms with van der Waals surface area (Å²) in [6.07, 6.45) is 7.06. The summed E-state index contributed by atoms with van der Waals surface area (Å²) in [5.74, 6) is -0.825. The highest BCUT2D eigenvalue weighted by Crippen LogP contribution is 2.10. The number of aromatic nitrogens is 2. The molecule has 0 radical (unpaired) electrons. The fourth-order valence-corrected chi connectivity index (χ4v) is 1.46. The largest absolute Gasteiger partial charge is 0.481 e. The molecule has 0 aliphatic carbocycles. The van der Waals surface area contributed by atoms with Crippen LogP contribution in [0.15, 0.2) is 48.8 Å². The summed E-state index contributed by atoms with van der Waals surface area (Å²) in [6.45, 7) is 0. The zero-order chi connectivity index (χ0) is 12.1. The molecule has 0 unspecified atom stereocenters. The minimum absolute atomic E-state index is 0.0426. The summed E-state index contributed by atoms with van der Waals surface area (Å²) >= 11 is 0. The molecule has 0 aliphatic rings. The van der Waals surface area contributed by atoms with E-state index in [4.69, 9.17) is 5.11 Å². The Kier molecular flexibility index (Phi) is 3.35. The maximum Gasteiger partial charge on any atom is 0.307 e. The monoisotopic (exact) mass is 228 g/mol. The van der Waals surface area contributed by atoms with Gasteiger partial charge in [0.15, 0.2) is 0 Å². The van der Waals surface area contributed by atoms with Gasteiger partial charge in [-0.2, -0.15) is 5.10 Å². The van der Waals surface area contributed by atoms with Crippen molar-refractivity contribution in [3.8, 4) is 5.69 Å². The Morgan fingerprint density at radius 2 is 2.12 bits per heavy atom. The van der Waals surface area contributed by atoms with Crippen LogP contribution in [-0.2, 0) is 4.79 Å². The molecule has 1 aromatic heterocycles. The smallest absolute Gasteiger partial charge is 0.307 e. The molecule has 2 aromatic rings. The molecule has 2 rings (SSSR count). The lowest BCUT2D eigenvalue weighted by Gasteiger charge is -2.01. The second-order valence-corrected chi connectivity index (χ2v) is 3.54. The van der Waals surface area contributed by atoms with Crippen molar-refractivity contribution >= 4 is 12.0 Å². The Balaban J connectivity index is 2.08. The molecule has 0 amide bonds. The van der Waals surface area contributed by atoms with Crippen molar-refractivity contribution in [3.63, 3.8) is 0 Å². The lowest BCUT2D eigenvalue weighted by atomic mass is 10.2. The molecule has 0 fully saturated rings. The topological polar surface area (TPSA) is 55.1 Å². The van der Waals surface area contributed by atoms with E-state index in [9.17, 15) is 4.79 Å². The van der Waals surface area contributed by atoms with E-state index in [1.807, 2.05) is 36.5 Å². The summed E-state index contributed by atoms with van der Waals surface area (Å²) in [4.78, 5) is 10.3. The van der Waals surface area contributed by atoms with E-state index in [1.165, 1.54) is 0 Å². The van der Waals surface area contributed by atoms with Gasteiger partial charge in [0.2, 0.25) is 0 Å². The molecule has 0 spiro atoms. The number of carboxylic acids is 1. The van der Waals surface area contributed by atoms with Crippen LogP contribution in [0.5, 0.6) is 0 Å². The zero-order valence-corrected chi connectivity index (χ0v) is 9.15. The number of hydrogen-bond acceptors (Lipinski definition) is 2. The predicted octanol–water partition coefficient (Wildman–Crippen LogP) is 2.36. The van der Waals surface area contributed by atoms with Crippen LogP contribution in [0.2, 0.25) is 0 Å². The van der Waals surface area contributed by atoms with Gasteiger partial charge in [-0.25, -0.2) is 4.68 Å². The van der Waals surface area contributed by atoms with Gasteiger partial charge in [0.25, 0.3) is 0 Å². The molecule has 4 heteroatoms. The lowest BCUT2D eigenvalue weighted by Crippen LogP contribution is -1.93. The third-order valence-corrected chi connectivity index (χ3v) is 2.26. The van der Waals surface area contributed by atoms with E-state index >= 15 is 0 Å². The highest BCUT2D eigenvalue weighted by molar-refractivity contribution is 5.70. The third-order valence-electron chi connectivity index (χ3n) is 2.26. The van der Waals surface area contributed by atoms with E-state index in [1.54, 1.807) is 23.0 Å². The van der Waals surface area contributed by atoms with Crippen LogP contribution < -0.4 is 0 Å². The van der Waals surface area contributed by atoms with Gasteiger partial charge in [-0.15, -0.1) is 0 Å². The summed E-state index contributed by atoms with van der Waals surface area (Å²) in [7, 11) is 0. The van der Waals surface area contributed by atoms with Crippen LogP contribution >= 0.6 is 0 Å². The number of benzene rings is 1. The first-order chi connectivity index (χ1) is 8.25. The molecule has 0 saturated heterocycles. The molecule has 1 N–H and O–H groups in total. The maximum absolute atomic E-state index is 10.3. The Hall–Kier alpha value is -2.36. The first-order valence-corrected chi connectivity index (χ1v) is 5.24. The molecule has 86 valence electrons. The lowest BCUT2D eigenvalue weighted by molar-refractivity contribution is -0.135. The van der Waals surface area contributed by atoms with Gasteiger partial charge in [-0.1, -0.05) is 24.3 Å². The molecule has 4 nitrogen and oxygen atoms in total. The molecular formula is C13H12N2O2. The highest BCUT2D eigenvalue weighted by Gasteiger charge is 1.95. The zero-order valence-electron chi connectivity index (χ0n) is 9.15. The molecule has 0 atom stereocenters. The number of hydrogen-bond donors (Lipinski definition) is 1. The average Bonchev–Trinajstić information content (AvgIpc) is 2.83. The minimum atomic E-state index is -0.825. The van der Waals surface area contributed by atoms with E-state index in [0.717, 1.165) is 11.3 Å². The Morgan fingerprint density at radius 3 is 2.71 bits per heavy atom. The molecule has 17 heavy (non-hydrogen) atoms. The highest BCUT2D eigenvalue weighted by atomic mass is 16.4. The molecule has 0 aliphatic heterocycles. The first kappa shape index (κ1) is 11.1. The number of carboxylic acid groups (broad SMARTS) is 1. The van der Waals surface area contributed by atoms with Crippen LogP contribution in [0.25, 0.3) is 11.8 Å². The number of aliphatic carboxylic acids is 1. The van der Waals surface area contributed by atoms with E-state index in [0.29, 0.717) is 0 Å². The number of carbonyl (C=O) groups is 1. The molecular weight excluding hydrogens is 216 g/mol. The summed E-state index contributed by atoms with van der Waals surface area (Å²) in [5, 5.41) is 12.6. The predicted molar refractivity (Wildman–Crippen MR) is 64.9 cm³/mol. The number of rotatable bonds is 4. The van der Waals surface area contributed by atoms with Gasteiger partial charge in [-0.3, -0.25) is 4.79 Å². The summed E-state index contributed by atoms with van der Waals surface area (Å²) in [5.41, 5.74) is 1.95. The van der Waals surface area contributed by atoms with Crippen LogP contribution in [0.1, 0.15) is 12.0 Å². The molecule has 0 bridgehead atoms.